The third kappa shape index (κ3) is 3.82. The molecule has 0 aliphatic carbocycles. The van der Waals surface area contributed by atoms with Crippen LogP contribution < -0.4 is 10.6 Å². The van der Waals surface area contributed by atoms with E-state index in [1.54, 1.807) is 29.2 Å². The second kappa shape index (κ2) is 8.67. The Labute approximate surface area is 205 Å². The quantitative estimate of drug-likeness (QED) is 0.583. The van der Waals surface area contributed by atoms with Crippen LogP contribution in [0, 0.1) is 5.82 Å². The third-order valence-corrected chi connectivity index (χ3v) is 6.99. The summed E-state index contributed by atoms with van der Waals surface area (Å²) in [6.45, 7) is 0. The van der Waals surface area contributed by atoms with E-state index < -0.39 is 11.9 Å². The number of carbonyl (C=O) groups is 3. The number of carbonyl (C=O) groups excluding carboxylic acids is 3. The predicted molar refractivity (Wildman–Crippen MR) is 127 cm³/mol. The zero-order chi connectivity index (χ0) is 24.8. The first-order valence-electron chi connectivity index (χ1n) is 11.8. The summed E-state index contributed by atoms with van der Waals surface area (Å²) in [4.78, 5) is 39.6. The first-order chi connectivity index (χ1) is 17.5. The van der Waals surface area contributed by atoms with Crippen LogP contribution >= 0.6 is 0 Å². The molecule has 4 heterocycles. The Bertz CT molecular complexity index is 1420. The van der Waals surface area contributed by atoms with Gasteiger partial charge >= 0.3 is 0 Å². The van der Waals surface area contributed by atoms with Gasteiger partial charge in [0.2, 0.25) is 17.7 Å². The van der Waals surface area contributed by atoms with Crippen LogP contribution in [-0.2, 0) is 20.8 Å². The number of fused-ring (bicyclic) bond motifs is 2. The van der Waals surface area contributed by atoms with Gasteiger partial charge in [-0.05, 0) is 77.6 Å². The highest BCUT2D eigenvalue weighted by molar-refractivity contribution is 6.04. The van der Waals surface area contributed by atoms with Crippen LogP contribution in [0.4, 0.5) is 15.8 Å². The van der Waals surface area contributed by atoms with Crippen molar-refractivity contribution in [2.45, 2.75) is 44.2 Å². The van der Waals surface area contributed by atoms with Crippen LogP contribution in [0.25, 0.3) is 11.3 Å². The summed E-state index contributed by atoms with van der Waals surface area (Å²) in [6.07, 6.45) is 5.37. The lowest BCUT2D eigenvalue weighted by molar-refractivity contribution is -0.135. The molecule has 2 atom stereocenters. The summed E-state index contributed by atoms with van der Waals surface area (Å²) in [7, 11) is 0. The normalized spacial score (nSPS) is 20.9. The summed E-state index contributed by atoms with van der Waals surface area (Å²) >= 11 is 0. The number of tetrazole rings is 1. The standard InChI is InChI=1S/C25H22FN7O3/c26-18-2-1-3-20(32-13-27-30-31-32)24(18)15-11-17-6-8-21(33(17)23(35)12-15)25(36)28-16-5-7-19-14(10-16)4-9-22(34)29-19/h1-3,5,7,10,12-13,17,21H,4,6,8-9,11H2,(H,28,36)(H,29,34)/t17-,21+/m1/s1. The van der Waals surface area contributed by atoms with E-state index >= 15 is 0 Å². The second-order valence-electron chi connectivity index (χ2n) is 9.16. The molecule has 0 bridgehead atoms. The van der Waals surface area contributed by atoms with Crippen LogP contribution in [0.15, 0.2) is 48.8 Å². The molecule has 2 N–H and O–H groups in total. The number of hydrogen-bond acceptors (Lipinski definition) is 6. The van der Waals surface area contributed by atoms with Crippen molar-refractivity contribution < 1.29 is 18.8 Å². The number of aryl methyl sites for hydroxylation is 1. The van der Waals surface area contributed by atoms with Gasteiger partial charge < -0.3 is 15.5 Å². The molecule has 1 fully saturated rings. The first kappa shape index (κ1) is 22.1. The van der Waals surface area contributed by atoms with Gasteiger partial charge in [0.1, 0.15) is 18.2 Å². The molecule has 0 saturated carbocycles. The number of amides is 3. The maximum absolute atomic E-state index is 15.0. The molecule has 2 aromatic carbocycles. The number of anilines is 2. The SMILES string of the molecule is O=C1CCc2cc(NC(=O)[C@@H]3CC[C@@H]4CC(c5c(F)cccc5-n5cnnn5)=CC(=O)N43)ccc2N1. The molecular formula is C25H22FN7O3. The molecule has 0 unspecified atom stereocenters. The smallest absolute Gasteiger partial charge is 0.247 e. The second-order valence-corrected chi connectivity index (χ2v) is 9.16. The van der Waals surface area contributed by atoms with Crippen molar-refractivity contribution in [1.29, 1.82) is 0 Å². The van der Waals surface area contributed by atoms with E-state index in [-0.39, 0.29) is 29.3 Å². The Morgan fingerprint density at radius 3 is 2.86 bits per heavy atom. The van der Waals surface area contributed by atoms with Gasteiger partial charge in [-0.25, -0.2) is 4.39 Å². The van der Waals surface area contributed by atoms with Crippen LogP contribution in [0.2, 0.25) is 0 Å². The molecule has 3 aliphatic heterocycles. The summed E-state index contributed by atoms with van der Waals surface area (Å²) in [5.74, 6) is -1.07. The molecule has 0 spiro atoms. The first-order valence-corrected chi connectivity index (χ1v) is 11.8. The van der Waals surface area contributed by atoms with Crippen LogP contribution in [0.3, 0.4) is 0 Å². The lowest BCUT2D eigenvalue weighted by atomic mass is 9.92. The summed E-state index contributed by atoms with van der Waals surface area (Å²) < 4.78 is 16.3. The van der Waals surface area contributed by atoms with E-state index in [0.717, 1.165) is 11.3 Å². The molecule has 0 radical (unpaired) electrons. The zero-order valence-corrected chi connectivity index (χ0v) is 19.1. The van der Waals surface area contributed by atoms with Crippen molar-refractivity contribution in [2.75, 3.05) is 10.6 Å². The number of hydrogen-bond donors (Lipinski definition) is 2. The number of aromatic nitrogens is 4. The molecule has 10 nitrogen and oxygen atoms in total. The van der Waals surface area contributed by atoms with Gasteiger partial charge in [-0.15, -0.1) is 5.10 Å². The number of halogens is 1. The summed E-state index contributed by atoms with van der Waals surface area (Å²) in [5.41, 5.74) is 3.62. The van der Waals surface area contributed by atoms with Gasteiger partial charge in [0.15, 0.2) is 0 Å². The van der Waals surface area contributed by atoms with Gasteiger partial charge in [0, 0.05) is 35.5 Å². The average molecular weight is 487 g/mol. The molecule has 3 aromatic rings. The Kier molecular flexibility index (Phi) is 5.32. The maximum atomic E-state index is 15.0. The Morgan fingerprint density at radius 2 is 2.03 bits per heavy atom. The fourth-order valence-electron chi connectivity index (χ4n) is 5.36. The number of nitrogens with one attached hydrogen (secondary N) is 2. The Morgan fingerprint density at radius 1 is 1.14 bits per heavy atom. The van der Waals surface area contributed by atoms with E-state index in [4.69, 9.17) is 0 Å². The van der Waals surface area contributed by atoms with Crippen molar-refractivity contribution >= 4 is 34.7 Å². The average Bonchev–Trinajstić information content (AvgIpc) is 3.54. The molecule has 6 rings (SSSR count). The van der Waals surface area contributed by atoms with E-state index in [2.05, 4.69) is 26.2 Å². The zero-order valence-electron chi connectivity index (χ0n) is 19.1. The van der Waals surface area contributed by atoms with E-state index in [1.165, 1.54) is 23.2 Å². The van der Waals surface area contributed by atoms with Crippen molar-refractivity contribution in [3.63, 3.8) is 0 Å². The Balaban J connectivity index is 1.23. The van der Waals surface area contributed by atoms with Crippen LogP contribution in [-0.4, -0.2) is 54.9 Å². The molecule has 3 amide bonds. The largest absolute Gasteiger partial charge is 0.326 e. The molecule has 3 aliphatic rings. The van der Waals surface area contributed by atoms with E-state index in [1.807, 2.05) is 6.07 Å². The molecule has 1 aromatic heterocycles. The number of rotatable bonds is 4. The van der Waals surface area contributed by atoms with Crippen molar-refractivity contribution in [1.82, 2.24) is 25.1 Å². The molecule has 36 heavy (non-hydrogen) atoms. The lowest BCUT2D eigenvalue weighted by Gasteiger charge is -2.33. The van der Waals surface area contributed by atoms with Crippen LogP contribution in [0.1, 0.15) is 36.8 Å². The van der Waals surface area contributed by atoms with Crippen molar-refractivity contribution in [3.8, 4) is 5.69 Å². The van der Waals surface area contributed by atoms with Crippen LogP contribution in [0.5, 0.6) is 0 Å². The van der Waals surface area contributed by atoms with Gasteiger partial charge in [0.05, 0.1) is 5.69 Å². The summed E-state index contributed by atoms with van der Waals surface area (Å²) in [5, 5.41) is 16.9. The molecular weight excluding hydrogens is 465 g/mol. The van der Waals surface area contributed by atoms with Gasteiger partial charge in [-0.2, -0.15) is 4.68 Å². The highest BCUT2D eigenvalue weighted by Gasteiger charge is 2.43. The fourth-order valence-corrected chi connectivity index (χ4v) is 5.36. The van der Waals surface area contributed by atoms with Gasteiger partial charge in [-0.3, -0.25) is 14.4 Å². The highest BCUT2D eigenvalue weighted by Crippen LogP contribution is 2.39. The number of nitrogens with zero attached hydrogens (tertiary/aromatic N) is 5. The number of benzene rings is 2. The van der Waals surface area contributed by atoms with E-state index in [9.17, 15) is 18.8 Å². The monoisotopic (exact) mass is 487 g/mol. The van der Waals surface area contributed by atoms with E-state index in [0.29, 0.717) is 49.1 Å². The molecule has 11 heteroatoms. The minimum absolute atomic E-state index is 0.0206. The third-order valence-electron chi connectivity index (χ3n) is 6.99. The van der Waals surface area contributed by atoms with Crippen molar-refractivity contribution in [2.24, 2.45) is 0 Å². The van der Waals surface area contributed by atoms with Gasteiger partial charge in [0.25, 0.3) is 0 Å². The highest BCUT2D eigenvalue weighted by atomic mass is 19.1. The lowest BCUT2D eigenvalue weighted by Crippen LogP contribution is -2.48. The Hall–Kier alpha value is -4.41. The van der Waals surface area contributed by atoms with Crippen molar-refractivity contribution in [3.05, 3.63) is 65.7 Å². The van der Waals surface area contributed by atoms with Gasteiger partial charge in [-0.1, -0.05) is 6.07 Å². The minimum atomic E-state index is -0.615. The fraction of sp³-hybridized carbons (Fsp3) is 0.280. The predicted octanol–water partition coefficient (Wildman–Crippen LogP) is 2.47. The maximum Gasteiger partial charge on any atom is 0.247 e. The summed E-state index contributed by atoms with van der Waals surface area (Å²) in [6, 6.07) is 9.15. The molecule has 1 saturated heterocycles. The minimum Gasteiger partial charge on any atom is -0.326 e. The topological polar surface area (TPSA) is 122 Å². The molecule has 182 valence electrons.